The van der Waals surface area contributed by atoms with E-state index >= 15 is 0 Å². The summed E-state index contributed by atoms with van der Waals surface area (Å²) < 4.78 is 1.68. The molecule has 11 heteroatoms. The zero-order valence-corrected chi connectivity index (χ0v) is 18.9. The number of rotatable bonds is 6. The Morgan fingerprint density at radius 1 is 1.21 bits per heavy atom. The number of nitrogens with zero attached hydrogens (tertiary/aromatic N) is 3. The Labute approximate surface area is 199 Å². The van der Waals surface area contributed by atoms with Gasteiger partial charge in [0.05, 0.1) is 16.9 Å². The number of imide groups is 1. The molecule has 6 rings (SSSR count). The lowest BCUT2D eigenvalue weighted by molar-refractivity contribution is -0.115. The Kier molecular flexibility index (Phi) is 4.75. The third kappa shape index (κ3) is 3.74. The second-order valence-electron chi connectivity index (χ2n) is 9.08. The van der Waals surface area contributed by atoms with Gasteiger partial charge < -0.3 is 21.7 Å². The van der Waals surface area contributed by atoms with Gasteiger partial charge in [0.15, 0.2) is 5.65 Å². The van der Waals surface area contributed by atoms with Crippen molar-refractivity contribution in [3.8, 4) is 0 Å². The number of hydrogen-bond donors (Lipinski definition) is 5. The van der Waals surface area contributed by atoms with Crippen LogP contribution in [0.3, 0.4) is 0 Å². The van der Waals surface area contributed by atoms with Gasteiger partial charge in [-0.2, -0.15) is 9.61 Å². The van der Waals surface area contributed by atoms with Crippen molar-refractivity contribution >= 4 is 52.6 Å². The maximum Gasteiger partial charge on any atom is 0.326 e. The van der Waals surface area contributed by atoms with Crippen LogP contribution < -0.4 is 27.0 Å². The molecular formula is C23H23ClN8O2. The van der Waals surface area contributed by atoms with Crippen molar-refractivity contribution in [2.45, 2.75) is 43.7 Å². The van der Waals surface area contributed by atoms with E-state index in [1.807, 2.05) is 24.3 Å². The topological polar surface area (TPSA) is 138 Å². The predicted molar refractivity (Wildman–Crippen MR) is 129 cm³/mol. The summed E-state index contributed by atoms with van der Waals surface area (Å²) in [6, 6.07) is 7.54. The fourth-order valence-corrected chi connectivity index (χ4v) is 4.46. The highest BCUT2D eigenvalue weighted by Gasteiger charge is 2.34. The number of hydrogen-bond acceptors (Lipinski definition) is 7. The molecule has 1 saturated heterocycles. The third-order valence-corrected chi connectivity index (χ3v) is 6.81. The van der Waals surface area contributed by atoms with Gasteiger partial charge in [-0.1, -0.05) is 17.7 Å². The summed E-state index contributed by atoms with van der Waals surface area (Å²) in [5.41, 5.74) is 9.17. The zero-order chi connectivity index (χ0) is 23.4. The molecule has 0 bridgehead atoms. The standard InChI is InChI=1S/C23H23ClN8O2/c24-15-9-13(23(25)6-1-7-23)2-5-16(15)28-18-10-19(27-14-3-4-14)32-20(30-18)12(11-26-32)8-17-21(33)31-22(34)29-17/h2,5,8-11,14,27H,1,3-4,6-7,25H2,(H,28,30)(H2,29,31,33,34)/b17-8-. The number of carbonyl (C=O) groups excluding carboxylic acids is 2. The first kappa shape index (κ1) is 20.9. The van der Waals surface area contributed by atoms with Gasteiger partial charge in [-0.3, -0.25) is 10.1 Å². The van der Waals surface area contributed by atoms with Crippen LogP contribution in [0.5, 0.6) is 0 Å². The van der Waals surface area contributed by atoms with E-state index in [0.717, 1.165) is 43.5 Å². The number of amides is 3. The van der Waals surface area contributed by atoms with Crippen LogP contribution in [0.4, 0.5) is 22.1 Å². The number of anilines is 3. The summed E-state index contributed by atoms with van der Waals surface area (Å²) in [6.45, 7) is 0. The van der Waals surface area contributed by atoms with E-state index in [-0.39, 0.29) is 11.2 Å². The van der Waals surface area contributed by atoms with Crippen molar-refractivity contribution in [2.75, 3.05) is 10.6 Å². The van der Waals surface area contributed by atoms with E-state index in [2.05, 4.69) is 26.4 Å². The molecule has 1 aliphatic heterocycles. The lowest BCUT2D eigenvalue weighted by Gasteiger charge is -2.38. The number of benzene rings is 1. The number of halogens is 1. The van der Waals surface area contributed by atoms with E-state index in [4.69, 9.17) is 22.3 Å². The van der Waals surface area contributed by atoms with Gasteiger partial charge in [0.25, 0.3) is 5.91 Å². The smallest absolute Gasteiger partial charge is 0.326 e. The minimum absolute atomic E-state index is 0.141. The van der Waals surface area contributed by atoms with Gasteiger partial charge >= 0.3 is 6.03 Å². The second-order valence-corrected chi connectivity index (χ2v) is 9.48. The van der Waals surface area contributed by atoms with Gasteiger partial charge in [-0.15, -0.1) is 0 Å². The summed E-state index contributed by atoms with van der Waals surface area (Å²) in [6.07, 6.45) is 8.39. The molecule has 3 amide bonds. The molecule has 0 unspecified atom stereocenters. The van der Waals surface area contributed by atoms with Crippen molar-refractivity contribution in [1.82, 2.24) is 25.2 Å². The maximum atomic E-state index is 12.0. The molecule has 3 aliphatic rings. The molecule has 3 heterocycles. The lowest BCUT2D eigenvalue weighted by atomic mass is 9.73. The summed E-state index contributed by atoms with van der Waals surface area (Å²) in [7, 11) is 0. The highest BCUT2D eigenvalue weighted by molar-refractivity contribution is 6.33. The lowest BCUT2D eigenvalue weighted by Crippen LogP contribution is -2.43. The molecule has 3 fully saturated rings. The highest BCUT2D eigenvalue weighted by Crippen LogP contribution is 2.41. The Hall–Kier alpha value is -3.63. The summed E-state index contributed by atoms with van der Waals surface area (Å²) >= 11 is 6.60. The van der Waals surface area contributed by atoms with Crippen LogP contribution in [0, 0.1) is 0 Å². The quantitative estimate of drug-likeness (QED) is 0.271. The molecule has 2 aliphatic carbocycles. The SMILES string of the molecule is NC1(c2ccc(Nc3cc(NC4CC4)n4ncc(/C=C5\NC(=O)NC5=O)c4n3)c(Cl)c2)CCC1. The molecular weight excluding hydrogens is 456 g/mol. The van der Waals surface area contributed by atoms with E-state index in [1.54, 1.807) is 16.8 Å². The normalized spacial score (nSPS) is 20.2. The molecule has 0 radical (unpaired) electrons. The third-order valence-electron chi connectivity index (χ3n) is 6.50. The second kappa shape index (κ2) is 7.71. The molecule has 2 aromatic heterocycles. The molecule has 10 nitrogen and oxygen atoms in total. The van der Waals surface area contributed by atoms with Gasteiger partial charge in [0.1, 0.15) is 17.3 Å². The van der Waals surface area contributed by atoms with E-state index in [1.165, 1.54) is 0 Å². The van der Waals surface area contributed by atoms with Crippen LogP contribution >= 0.6 is 11.6 Å². The van der Waals surface area contributed by atoms with Crippen LogP contribution in [0.25, 0.3) is 11.7 Å². The van der Waals surface area contributed by atoms with Crippen LogP contribution in [0.1, 0.15) is 43.2 Å². The largest absolute Gasteiger partial charge is 0.367 e. The Balaban J connectivity index is 1.37. The monoisotopic (exact) mass is 478 g/mol. The van der Waals surface area contributed by atoms with Crippen LogP contribution in [-0.4, -0.2) is 32.6 Å². The highest BCUT2D eigenvalue weighted by atomic mass is 35.5. The Morgan fingerprint density at radius 3 is 2.68 bits per heavy atom. The minimum atomic E-state index is -0.557. The molecule has 1 aromatic carbocycles. The van der Waals surface area contributed by atoms with Gasteiger partial charge in [-0.05, 0) is 55.9 Å². The van der Waals surface area contributed by atoms with Crippen molar-refractivity contribution in [3.05, 3.63) is 52.3 Å². The first-order valence-electron chi connectivity index (χ1n) is 11.2. The Bertz CT molecular complexity index is 1370. The van der Waals surface area contributed by atoms with Crippen LogP contribution in [0.15, 0.2) is 36.2 Å². The molecule has 0 spiro atoms. The first-order valence-corrected chi connectivity index (χ1v) is 11.6. The average Bonchev–Trinajstić information content (AvgIpc) is 3.42. The number of urea groups is 1. The number of fused-ring (bicyclic) bond motifs is 1. The molecule has 3 aromatic rings. The van der Waals surface area contributed by atoms with Gasteiger partial charge in [0.2, 0.25) is 0 Å². The van der Waals surface area contributed by atoms with Crippen molar-refractivity contribution in [2.24, 2.45) is 5.73 Å². The number of nitrogens with one attached hydrogen (secondary N) is 4. The zero-order valence-electron chi connectivity index (χ0n) is 18.2. The van der Waals surface area contributed by atoms with Crippen LogP contribution in [0.2, 0.25) is 5.02 Å². The van der Waals surface area contributed by atoms with E-state index in [0.29, 0.717) is 33.8 Å². The Morgan fingerprint density at radius 2 is 2.03 bits per heavy atom. The van der Waals surface area contributed by atoms with E-state index in [9.17, 15) is 9.59 Å². The number of nitrogens with two attached hydrogens (primary N) is 1. The van der Waals surface area contributed by atoms with E-state index < -0.39 is 11.9 Å². The summed E-state index contributed by atoms with van der Waals surface area (Å²) in [5, 5.41) is 16.5. The fraction of sp³-hybridized carbons (Fsp3) is 0.304. The molecule has 6 N–H and O–H groups in total. The molecule has 34 heavy (non-hydrogen) atoms. The molecule has 0 atom stereocenters. The van der Waals surface area contributed by atoms with Gasteiger partial charge in [-0.25, -0.2) is 9.78 Å². The predicted octanol–water partition coefficient (Wildman–Crippen LogP) is 3.22. The number of carbonyl (C=O) groups is 2. The summed E-state index contributed by atoms with van der Waals surface area (Å²) in [4.78, 5) is 28.2. The summed E-state index contributed by atoms with van der Waals surface area (Å²) in [5.74, 6) is 0.838. The minimum Gasteiger partial charge on any atom is -0.367 e. The van der Waals surface area contributed by atoms with Crippen LogP contribution in [-0.2, 0) is 10.3 Å². The number of aromatic nitrogens is 3. The maximum absolute atomic E-state index is 12.0. The average molecular weight is 479 g/mol. The van der Waals surface area contributed by atoms with Crippen molar-refractivity contribution < 1.29 is 9.59 Å². The van der Waals surface area contributed by atoms with Gasteiger partial charge in [0, 0.05) is 23.2 Å². The first-order chi connectivity index (χ1) is 16.4. The molecule has 174 valence electrons. The fourth-order valence-electron chi connectivity index (χ4n) is 4.23. The molecule has 2 saturated carbocycles. The van der Waals surface area contributed by atoms with Crippen molar-refractivity contribution in [3.63, 3.8) is 0 Å². The van der Waals surface area contributed by atoms with Crippen molar-refractivity contribution in [1.29, 1.82) is 0 Å².